The molecule has 0 spiro atoms. The number of nitrogens with zero attached hydrogens (tertiary/aromatic N) is 2. The molecule has 1 aromatic rings. The topological polar surface area (TPSA) is 27.1 Å². The van der Waals surface area contributed by atoms with Gasteiger partial charge in [-0.25, -0.2) is 4.68 Å². The second-order valence-corrected chi connectivity index (χ2v) is 3.20. The van der Waals surface area contributed by atoms with E-state index in [9.17, 15) is 26.3 Å². The lowest BCUT2D eigenvalue weighted by molar-refractivity contribution is -0.190. The Morgan fingerprint density at radius 3 is 2.12 bits per heavy atom. The first kappa shape index (κ1) is 13.7. The summed E-state index contributed by atoms with van der Waals surface area (Å²) in [6.45, 7) is 0.675. The van der Waals surface area contributed by atoms with E-state index in [4.69, 9.17) is 0 Å². The largest absolute Gasteiger partial charge is 0.465 e. The molecule has 1 radical (unpaired) electrons. The van der Waals surface area contributed by atoms with Crippen LogP contribution < -0.4 is 4.74 Å². The van der Waals surface area contributed by atoms with Crippen LogP contribution in [-0.4, -0.2) is 22.1 Å². The molecule has 0 aliphatic heterocycles. The van der Waals surface area contributed by atoms with E-state index in [1.807, 2.05) is 0 Å². The molecule has 0 N–H and O–H groups in total. The molecule has 1 rings (SSSR count). The number of hydrogen-bond donors (Lipinski definition) is 0. The molecule has 1 atom stereocenters. The smallest absolute Gasteiger partial charge is 0.435 e. The van der Waals surface area contributed by atoms with Crippen LogP contribution in [-0.2, 0) is 13.2 Å². The number of ether oxygens (including phenoxy) is 1. The third kappa shape index (κ3) is 3.27. The van der Waals surface area contributed by atoms with E-state index in [0.29, 0.717) is 11.6 Å². The number of hydrogen-bond acceptors (Lipinski definition) is 2. The van der Waals surface area contributed by atoms with E-state index in [-0.39, 0.29) is 0 Å². The number of alkyl halides is 6. The molecule has 3 nitrogen and oxygen atoms in total. The SMILES string of the molecule is CC(Oc1[c]c(C(F)(F)F)nn1C)C(F)(F)F. The van der Waals surface area contributed by atoms with Crippen molar-refractivity contribution in [3.63, 3.8) is 0 Å². The molecule has 1 heterocycles. The summed E-state index contributed by atoms with van der Waals surface area (Å²) in [7, 11) is 1.03. The summed E-state index contributed by atoms with van der Waals surface area (Å²) >= 11 is 0. The molecule has 0 aromatic carbocycles. The van der Waals surface area contributed by atoms with Crippen molar-refractivity contribution < 1.29 is 31.1 Å². The van der Waals surface area contributed by atoms with Gasteiger partial charge >= 0.3 is 12.4 Å². The fourth-order valence-corrected chi connectivity index (χ4v) is 0.870. The van der Waals surface area contributed by atoms with Gasteiger partial charge < -0.3 is 4.74 Å². The molecular formula is C8H7F6N2O. The summed E-state index contributed by atoms with van der Waals surface area (Å²) in [5, 5.41) is 2.96. The third-order valence-corrected chi connectivity index (χ3v) is 1.79. The molecule has 0 bridgehead atoms. The van der Waals surface area contributed by atoms with Gasteiger partial charge in [0.25, 0.3) is 0 Å². The Labute approximate surface area is 92.0 Å². The van der Waals surface area contributed by atoms with Gasteiger partial charge in [0.2, 0.25) is 5.88 Å². The molecule has 97 valence electrons. The zero-order chi connectivity index (χ0) is 13.4. The zero-order valence-electron chi connectivity index (χ0n) is 8.65. The fraction of sp³-hybridized carbons (Fsp3) is 0.625. The normalized spacial score (nSPS) is 14.8. The van der Waals surface area contributed by atoms with Crippen LogP contribution in [0.3, 0.4) is 0 Å². The number of aromatic nitrogens is 2. The van der Waals surface area contributed by atoms with Crippen molar-refractivity contribution >= 4 is 0 Å². The van der Waals surface area contributed by atoms with Gasteiger partial charge in [0, 0.05) is 7.05 Å². The first-order valence-electron chi connectivity index (χ1n) is 4.28. The molecular weight excluding hydrogens is 254 g/mol. The minimum Gasteiger partial charge on any atom is -0.465 e. The molecule has 0 fully saturated rings. The lowest BCUT2D eigenvalue weighted by Gasteiger charge is -2.16. The van der Waals surface area contributed by atoms with Gasteiger partial charge in [-0.3, -0.25) is 0 Å². The highest BCUT2D eigenvalue weighted by molar-refractivity contribution is 5.16. The van der Waals surface area contributed by atoms with Crippen molar-refractivity contribution in [1.29, 1.82) is 0 Å². The van der Waals surface area contributed by atoms with Crippen LogP contribution in [0.15, 0.2) is 0 Å². The summed E-state index contributed by atoms with van der Waals surface area (Å²) in [4.78, 5) is 0. The van der Waals surface area contributed by atoms with Crippen molar-refractivity contribution in [1.82, 2.24) is 9.78 Å². The highest BCUT2D eigenvalue weighted by Crippen LogP contribution is 2.31. The van der Waals surface area contributed by atoms with Gasteiger partial charge in [-0.1, -0.05) is 0 Å². The van der Waals surface area contributed by atoms with Crippen molar-refractivity contribution in [3.8, 4) is 5.88 Å². The fourth-order valence-electron chi connectivity index (χ4n) is 0.870. The van der Waals surface area contributed by atoms with E-state index < -0.39 is 30.0 Å². The Bertz CT molecular complexity index is 394. The maximum absolute atomic E-state index is 12.2. The van der Waals surface area contributed by atoms with Crippen molar-refractivity contribution in [3.05, 3.63) is 11.8 Å². The molecule has 0 saturated heterocycles. The summed E-state index contributed by atoms with van der Waals surface area (Å²) in [6, 6.07) is 1.63. The lowest BCUT2D eigenvalue weighted by atomic mass is 10.4. The van der Waals surface area contributed by atoms with Gasteiger partial charge in [-0.2, -0.15) is 31.4 Å². The maximum atomic E-state index is 12.2. The molecule has 0 saturated carbocycles. The molecule has 9 heteroatoms. The average molecular weight is 261 g/mol. The molecule has 0 aliphatic rings. The minimum absolute atomic E-state index is 0.547. The Hall–Kier alpha value is -1.41. The second-order valence-electron chi connectivity index (χ2n) is 3.20. The number of aryl methyl sites for hydroxylation is 1. The van der Waals surface area contributed by atoms with Crippen molar-refractivity contribution in [2.75, 3.05) is 0 Å². The van der Waals surface area contributed by atoms with Crippen LogP contribution in [0, 0.1) is 6.07 Å². The van der Waals surface area contributed by atoms with E-state index in [1.54, 1.807) is 6.07 Å². The molecule has 1 unspecified atom stereocenters. The monoisotopic (exact) mass is 261 g/mol. The Morgan fingerprint density at radius 1 is 1.24 bits per heavy atom. The summed E-state index contributed by atoms with van der Waals surface area (Å²) < 4.78 is 77.7. The van der Waals surface area contributed by atoms with Crippen molar-refractivity contribution in [2.45, 2.75) is 25.4 Å². The first-order chi connectivity index (χ1) is 7.51. The van der Waals surface area contributed by atoms with Crippen LogP contribution in [0.4, 0.5) is 26.3 Å². The van der Waals surface area contributed by atoms with Gasteiger partial charge in [-0.15, -0.1) is 0 Å². The average Bonchev–Trinajstić information content (AvgIpc) is 2.45. The number of halogens is 6. The zero-order valence-corrected chi connectivity index (χ0v) is 8.65. The second kappa shape index (κ2) is 4.11. The van der Waals surface area contributed by atoms with E-state index >= 15 is 0 Å². The van der Waals surface area contributed by atoms with Crippen LogP contribution in [0.1, 0.15) is 12.6 Å². The van der Waals surface area contributed by atoms with Gasteiger partial charge in [-0.05, 0) is 6.92 Å². The van der Waals surface area contributed by atoms with Gasteiger partial charge in [0.1, 0.15) is 0 Å². The highest BCUT2D eigenvalue weighted by atomic mass is 19.4. The first-order valence-corrected chi connectivity index (χ1v) is 4.28. The molecule has 17 heavy (non-hydrogen) atoms. The lowest BCUT2D eigenvalue weighted by Crippen LogP contribution is -2.31. The standard InChI is InChI=1S/C8H7F6N2O/c1-4(7(9,10)11)17-6-3-5(8(12,13)14)15-16(6)2/h4H,1-2H3. The molecule has 0 aliphatic carbocycles. The third-order valence-electron chi connectivity index (χ3n) is 1.79. The summed E-state index contributed by atoms with van der Waals surface area (Å²) in [5.41, 5.74) is -1.43. The van der Waals surface area contributed by atoms with Crippen LogP contribution in [0.25, 0.3) is 0 Å². The van der Waals surface area contributed by atoms with Gasteiger partial charge in [0.15, 0.2) is 11.8 Å². The Balaban J connectivity index is 2.90. The van der Waals surface area contributed by atoms with E-state index in [0.717, 1.165) is 7.05 Å². The van der Waals surface area contributed by atoms with Crippen LogP contribution in [0.5, 0.6) is 5.88 Å². The van der Waals surface area contributed by atoms with E-state index in [1.165, 1.54) is 0 Å². The summed E-state index contributed by atoms with van der Waals surface area (Å²) in [5.74, 6) is -0.720. The quantitative estimate of drug-likeness (QED) is 0.765. The van der Waals surface area contributed by atoms with Crippen LogP contribution >= 0.6 is 0 Å². The predicted molar refractivity (Wildman–Crippen MR) is 43.2 cm³/mol. The molecule has 0 amide bonds. The van der Waals surface area contributed by atoms with Crippen LogP contribution in [0.2, 0.25) is 0 Å². The van der Waals surface area contributed by atoms with E-state index in [2.05, 4.69) is 9.84 Å². The molecule has 1 aromatic heterocycles. The maximum Gasteiger partial charge on any atom is 0.435 e. The Morgan fingerprint density at radius 2 is 1.76 bits per heavy atom. The highest BCUT2D eigenvalue weighted by Gasteiger charge is 2.40. The van der Waals surface area contributed by atoms with Gasteiger partial charge in [0.05, 0.1) is 6.07 Å². The minimum atomic E-state index is -4.78. The summed E-state index contributed by atoms with van der Waals surface area (Å²) in [6.07, 6.45) is -11.7. The predicted octanol–water partition coefficient (Wildman–Crippen LogP) is 2.57. The number of rotatable bonds is 2. The van der Waals surface area contributed by atoms with Crippen molar-refractivity contribution in [2.24, 2.45) is 7.05 Å². The Kier molecular flexibility index (Phi) is 3.30.